The molecule has 0 radical (unpaired) electrons. The number of ether oxygens (including phenoxy) is 1. The summed E-state index contributed by atoms with van der Waals surface area (Å²) in [7, 11) is 0. The average Bonchev–Trinajstić information content (AvgIpc) is 3.49. The Hall–Kier alpha value is -2.69. The van der Waals surface area contributed by atoms with Crippen LogP contribution >= 0.6 is 11.6 Å². The van der Waals surface area contributed by atoms with Crippen LogP contribution in [0.3, 0.4) is 0 Å². The van der Waals surface area contributed by atoms with E-state index in [2.05, 4.69) is 27.4 Å². The molecule has 0 bridgehead atoms. The largest absolute Gasteiger partial charge is 0.374 e. The van der Waals surface area contributed by atoms with Gasteiger partial charge in [-0.2, -0.15) is 5.26 Å². The smallest absolute Gasteiger partial charge is 0.207 e. The molecule has 4 heterocycles. The highest BCUT2D eigenvalue weighted by Crippen LogP contribution is 2.39. The van der Waals surface area contributed by atoms with E-state index in [9.17, 15) is 5.26 Å². The lowest BCUT2D eigenvalue weighted by Crippen LogP contribution is -2.49. The van der Waals surface area contributed by atoms with Gasteiger partial charge < -0.3 is 14.2 Å². The minimum atomic E-state index is 0.275. The van der Waals surface area contributed by atoms with E-state index in [0.717, 1.165) is 66.7 Å². The fourth-order valence-electron chi connectivity index (χ4n) is 6.28. The number of anilines is 1. The van der Waals surface area contributed by atoms with E-state index in [4.69, 9.17) is 26.3 Å². The third-order valence-corrected chi connectivity index (χ3v) is 8.32. The molecule has 2 saturated carbocycles. The molecular formula is C27H31ClN6O. The summed E-state index contributed by atoms with van der Waals surface area (Å²) in [5.41, 5.74) is 3.68. The molecule has 3 aliphatic rings. The number of fused-ring (bicyclic) bond motifs is 2. The highest BCUT2D eigenvalue weighted by atomic mass is 35.5. The van der Waals surface area contributed by atoms with Crippen LogP contribution < -0.4 is 4.90 Å². The van der Waals surface area contributed by atoms with Gasteiger partial charge in [0.2, 0.25) is 5.95 Å². The molecule has 3 aromatic heterocycles. The monoisotopic (exact) mass is 490 g/mol. The van der Waals surface area contributed by atoms with Crippen molar-refractivity contribution in [3.8, 4) is 17.3 Å². The van der Waals surface area contributed by atoms with Crippen LogP contribution in [-0.2, 0) is 11.3 Å². The molecule has 0 unspecified atom stereocenters. The SMILES string of the molecule is C[C@H]1CC[C@H](Cn2c(N3CCO[C@@H]4CCC[C@H]43)nc3cc(C#N)nc(-c4cncc(Cl)c4)c32)CC1. The van der Waals surface area contributed by atoms with Crippen LogP contribution in [0.1, 0.15) is 57.6 Å². The normalized spacial score (nSPS) is 26.6. The van der Waals surface area contributed by atoms with Crippen molar-refractivity contribution in [2.45, 2.75) is 70.6 Å². The Morgan fingerprint density at radius 1 is 1.11 bits per heavy atom. The first-order valence-electron chi connectivity index (χ1n) is 12.9. The maximum Gasteiger partial charge on any atom is 0.207 e. The van der Waals surface area contributed by atoms with Crippen LogP contribution in [0, 0.1) is 23.2 Å². The lowest BCUT2D eigenvalue weighted by Gasteiger charge is -2.39. The van der Waals surface area contributed by atoms with Crippen molar-refractivity contribution in [2.75, 3.05) is 18.1 Å². The zero-order chi connectivity index (χ0) is 23.9. The van der Waals surface area contributed by atoms with Crippen LogP contribution in [0.25, 0.3) is 22.3 Å². The van der Waals surface area contributed by atoms with E-state index in [1.54, 1.807) is 12.4 Å². The highest BCUT2D eigenvalue weighted by molar-refractivity contribution is 6.30. The Bertz CT molecular complexity index is 1270. The van der Waals surface area contributed by atoms with Gasteiger partial charge in [0.15, 0.2) is 0 Å². The molecule has 0 aromatic carbocycles. The van der Waals surface area contributed by atoms with E-state index >= 15 is 0 Å². The summed E-state index contributed by atoms with van der Waals surface area (Å²) >= 11 is 6.32. The number of nitriles is 1. The third kappa shape index (κ3) is 4.28. The molecule has 1 aliphatic heterocycles. The minimum Gasteiger partial charge on any atom is -0.374 e. The number of aromatic nitrogens is 4. The molecule has 2 aliphatic carbocycles. The molecule has 0 spiro atoms. The maximum atomic E-state index is 9.74. The molecule has 1 saturated heterocycles. The van der Waals surface area contributed by atoms with Crippen molar-refractivity contribution in [3.05, 3.63) is 35.2 Å². The van der Waals surface area contributed by atoms with Gasteiger partial charge in [0.25, 0.3) is 0 Å². The topological polar surface area (TPSA) is 79.9 Å². The van der Waals surface area contributed by atoms with Gasteiger partial charge in [-0.05, 0) is 50.0 Å². The van der Waals surface area contributed by atoms with Crippen molar-refractivity contribution in [3.63, 3.8) is 0 Å². The van der Waals surface area contributed by atoms with Gasteiger partial charge in [-0.25, -0.2) is 9.97 Å². The Kier molecular flexibility index (Phi) is 6.11. The first-order valence-corrected chi connectivity index (χ1v) is 13.3. The van der Waals surface area contributed by atoms with Crippen LogP contribution in [0.15, 0.2) is 24.5 Å². The number of halogens is 1. The van der Waals surface area contributed by atoms with E-state index in [0.29, 0.717) is 22.7 Å². The van der Waals surface area contributed by atoms with Gasteiger partial charge in [0.05, 0.1) is 40.5 Å². The number of hydrogen-bond donors (Lipinski definition) is 0. The lowest BCUT2D eigenvalue weighted by atomic mass is 9.83. The van der Waals surface area contributed by atoms with Crippen LogP contribution in [0.2, 0.25) is 5.02 Å². The van der Waals surface area contributed by atoms with E-state index in [-0.39, 0.29) is 6.10 Å². The molecule has 7 nitrogen and oxygen atoms in total. The highest BCUT2D eigenvalue weighted by Gasteiger charge is 2.39. The summed E-state index contributed by atoms with van der Waals surface area (Å²) < 4.78 is 8.50. The van der Waals surface area contributed by atoms with Gasteiger partial charge >= 0.3 is 0 Å². The third-order valence-electron chi connectivity index (χ3n) is 8.11. The Balaban J connectivity index is 1.53. The van der Waals surface area contributed by atoms with E-state index in [1.165, 1.54) is 32.1 Å². The number of morpholine rings is 1. The number of hydrogen-bond acceptors (Lipinski definition) is 6. The van der Waals surface area contributed by atoms with Crippen LogP contribution in [-0.4, -0.2) is 44.8 Å². The summed E-state index contributed by atoms with van der Waals surface area (Å²) in [6, 6.07) is 6.28. The van der Waals surface area contributed by atoms with Crippen molar-refractivity contribution >= 4 is 28.6 Å². The summed E-state index contributed by atoms with van der Waals surface area (Å²) in [5, 5.41) is 10.3. The summed E-state index contributed by atoms with van der Waals surface area (Å²) in [6.45, 7) is 4.82. The molecule has 6 rings (SSSR count). The van der Waals surface area contributed by atoms with Crippen LogP contribution in [0.4, 0.5) is 5.95 Å². The molecule has 0 N–H and O–H groups in total. The van der Waals surface area contributed by atoms with Gasteiger partial charge in [0, 0.05) is 37.1 Å². The lowest BCUT2D eigenvalue weighted by molar-refractivity contribution is 0.0247. The number of pyridine rings is 2. The first kappa shape index (κ1) is 22.8. The van der Waals surface area contributed by atoms with Gasteiger partial charge in [-0.1, -0.05) is 31.4 Å². The average molecular weight is 491 g/mol. The minimum absolute atomic E-state index is 0.275. The maximum absolute atomic E-state index is 9.74. The Morgan fingerprint density at radius 2 is 1.97 bits per heavy atom. The molecule has 3 aromatic rings. The zero-order valence-corrected chi connectivity index (χ0v) is 20.9. The summed E-state index contributed by atoms with van der Waals surface area (Å²) in [5.74, 6) is 2.40. The number of rotatable bonds is 4. The van der Waals surface area contributed by atoms with Crippen molar-refractivity contribution in [1.82, 2.24) is 19.5 Å². The Morgan fingerprint density at radius 3 is 2.77 bits per heavy atom. The molecule has 0 amide bonds. The van der Waals surface area contributed by atoms with Crippen LogP contribution in [0.5, 0.6) is 0 Å². The van der Waals surface area contributed by atoms with Gasteiger partial charge in [-0.15, -0.1) is 0 Å². The standard InChI is InChI=1S/C27H31ClN6O/c1-17-5-7-18(8-6-17)16-34-26-22(32-27(34)33-9-10-35-24-4-2-3-23(24)33)12-21(13-29)31-25(26)19-11-20(28)15-30-14-19/h11-12,14-15,17-18,23-24H,2-10,16H2,1H3/t17-,18-,23-,24-/m1/s1. The first-order chi connectivity index (χ1) is 17.1. The molecule has 182 valence electrons. The van der Waals surface area contributed by atoms with Crippen molar-refractivity contribution in [2.24, 2.45) is 11.8 Å². The predicted octanol–water partition coefficient (Wildman–Crippen LogP) is 5.60. The fourth-order valence-corrected chi connectivity index (χ4v) is 6.45. The quantitative estimate of drug-likeness (QED) is 0.473. The second-order valence-corrected chi connectivity index (χ2v) is 10.9. The number of nitrogens with zero attached hydrogens (tertiary/aromatic N) is 6. The molecule has 2 atom stereocenters. The number of imidazole rings is 1. The summed E-state index contributed by atoms with van der Waals surface area (Å²) in [4.78, 5) is 16.7. The van der Waals surface area contributed by atoms with Gasteiger partial charge in [0.1, 0.15) is 11.8 Å². The van der Waals surface area contributed by atoms with Crippen molar-refractivity contribution < 1.29 is 4.74 Å². The van der Waals surface area contributed by atoms with Crippen molar-refractivity contribution in [1.29, 1.82) is 5.26 Å². The second-order valence-electron chi connectivity index (χ2n) is 10.5. The fraction of sp³-hybridized carbons (Fsp3) is 0.556. The molecule has 3 fully saturated rings. The van der Waals surface area contributed by atoms with E-state index < -0.39 is 0 Å². The molecule has 35 heavy (non-hydrogen) atoms. The van der Waals surface area contributed by atoms with Gasteiger partial charge in [-0.3, -0.25) is 4.98 Å². The zero-order valence-electron chi connectivity index (χ0n) is 20.2. The molecule has 8 heteroatoms. The van der Waals surface area contributed by atoms with E-state index in [1.807, 2.05) is 12.1 Å². The predicted molar refractivity (Wildman–Crippen MR) is 136 cm³/mol. The second kappa shape index (κ2) is 9.40. The summed E-state index contributed by atoms with van der Waals surface area (Å²) in [6.07, 6.45) is 12.1. The Labute approximate surface area is 211 Å². The molecular weight excluding hydrogens is 460 g/mol.